The zero-order valence-electron chi connectivity index (χ0n) is 9.38. The molecule has 0 unspecified atom stereocenters. The van der Waals surface area contributed by atoms with Crippen LogP contribution >= 0.6 is 0 Å². The van der Waals surface area contributed by atoms with E-state index in [0.717, 1.165) is 0 Å². The van der Waals surface area contributed by atoms with Crippen LogP contribution in [-0.4, -0.2) is 17.3 Å². The molecule has 0 aliphatic rings. The molecule has 0 fully saturated rings. The number of aryl methyl sites for hydroxylation is 1. The Kier molecular flexibility index (Phi) is 3.69. The van der Waals surface area contributed by atoms with Crippen LogP contribution < -0.4 is 4.74 Å². The number of hydrogen-bond donors (Lipinski definition) is 1. The zero-order chi connectivity index (χ0) is 11.5. The molecule has 0 atom stereocenters. The van der Waals surface area contributed by atoms with Gasteiger partial charge in [-0.15, -0.1) is 0 Å². The molecule has 1 aromatic rings. The molecule has 0 amide bonds. The summed E-state index contributed by atoms with van der Waals surface area (Å²) in [6.45, 7) is 5.40. The van der Waals surface area contributed by atoms with E-state index in [-0.39, 0.29) is 11.6 Å². The third-order valence-electron chi connectivity index (χ3n) is 2.13. The second kappa shape index (κ2) is 4.62. The lowest BCUT2D eigenvalue weighted by atomic mass is 10.1. The van der Waals surface area contributed by atoms with Gasteiger partial charge >= 0.3 is 0 Å². The molecule has 0 aliphatic heterocycles. The van der Waals surface area contributed by atoms with E-state index in [1.807, 2.05) is 0 Å². The maximum Gasteiger partial charge on any atom is 0.167 e. The third kappa shape index (κ3) is 3.88. The van der Waals surface area contributed by atoms with E-state index >= 15 is 0 Å². The van der Waals surface area contributed by atoms with Gasteiger partial charge in [-0.3, -0.25) is 0 Å². The van der Waals surface area contributed by atoms with Crippen molar-refractivity contribution in [3.63, 3.8) is 0 Å². The minimum absolute atomic E-state index is 0.249. The van der Waals surface area contributed by atoms with Gasteiger partial charge in [0.1, 0.15) is 0 Å². The Morgan fingerprint density at radius 2 is 2.07 bits per heavy atom. The first-order valence-electron chi connectivity index (χ1n) is 5.00. The van der Waals surface area contributed by atoms with Crippen LogP contribution in [0.4, 0.5) is 4.39 Å². The Labute approximate surface area is 89.7 Å². The predicted octanol–water partition coefficient (Wildman–Crippen LogP) is 2.67. The largest absolute Gasteiger partial charge is 0.490 e. The molecule has 3 heteroatoms. The van der Waals surface area contributed by atoms with Crippen LogP contribution in [0.3, 0.4) is 0 Å². The summed E-state index contributed by atoms with van der Waals surface area (Å²) in [4.78, 5) is 0. The normalized spacial score (nSPS) is 11.5. The molecule has 0 radical (unpaired) electrons. The van der Waals surface area contributed by atoms with Crippen molar-refractivity contribution in [2.45, 2.75) is 32.8 Å². The highest BCUT2D eigenvalue weighted by Gasteiger charge is 2.13. The molecule has 2 nitrogen and oxygen atoms in total. The van der Waals surface area contributed by atoms with Crippen molar-refractivity contribution in [3.8, 4) is 5.75 Å². The Bertz CT molecular complexity index is 329. The number of hydrogen-bond acceptors (Lipinski definition) is 2. The van der Waals surface area contributed by atoms with Gasteiger partial charge in [0, 0.05) is 6.42 Å². The monoisotopic (exact) mass is 212 g/mol. The average Bonchev–Trinajstić information content (AvgIpc) is 2.10. The van der Waals surface area contributed by atoms with E-state index in [1.54, 1.807) is 39.0 Å². The summed E-state index contributed by atoms with van der Waals surface area (Å²) in [7, 11) is 0. The molecule has 84 valence electrons. The van der Waals surface area contributed by atoms with Crippen molar-refractivity contribution in [1.29, 1.82) is 0 Å². The molecule has 15 heavy (non-hydrogen) atoms. The number of benzene rings is 1. The van der Waals surface area contributed by atoms with Gasteiger partial charge < -0.3 is 9.84 Å². The fraction of sp³-hybridized carbons (Fsp3) is 0.500. The maximum absolute atomic E-state index is 13.4. The average molecular weight is 212 g/mol. The molecule has 0 spiro atoms. The van der Waals surface area contributed by atoms with Crippen LogP contribution in [-0.2, 0) is 0 Å². The molecular weight excluding hydrogens is 195 g/mol. The van der Waals surface area contributed by atoms with E-state index in [1.165, 1.54) is 0 Å². The predicted molar refractivity (Wildman–Crippen MR) is 57.5 cm³/mol. The lowest BCUT2D eigenvalue weighted by molar-refractivity contribution is 0.0547. The Morgan fingerprint density at radius 1 is 1.40 bits per heavy atom. The summed E-state index contributed by atoms with van der Waals surface area (Å²) in [5.41, 5.74) is -0.212. The first-order valence-corrected chi connectivity index (χ1v) is 5.00. The van der Waals surface area contributed by atoms with Gasteiger partial charge in [-0.1, -0.05) is 12.1 Å². The van der Waals surface area contributed by atoms with Crippen molar-refractivity contribution in [3.05, 3.63) is 29.6 Å². The van der Waals surface area contributed by atoms with Crippen LogP contribution in [0.15, 0.2) is 18.2 Å². The van der Waals surface area contributed by atoms with E-state index in [0.29, 0.717) is 18.6 Å². The van der Waals surface area contributed by atoms with Crippen LogP contribution in [0.2, 0.25) is 0 Å². The van der Waals surface area contributed by atoms with E-state index < -0.39 is 5.60 Å². The third-order valence-corrected chi connectivity index (χ3v) is 2.13. The second-order valence-electron chi connectivity index (χ2n) is 4.30. The molecule has 0 aromatic heterocycles. The van der Waals surface area contributed by atoms with Gasteiger partial charge in [0.15, 0.2) is 11.6 Å². The summed E-state index contributed by atoms with van der Waals surface area (Å²) >= 11 is 0. The van der Waals surface area contributed by atoms with Crippen LogP contribution in [0.1, 0.15) is 25.8 Å². The molecule has 0 saturated heterocycles. The minimum atomic E-state index is -0.777. The smallest absolute Gasteiger partial charge is 0.167 e. The second-order valence-corrected chi connectivity index (χ2v) is 4.30. The minimum Gasteiger partial charge on any atom is -0.490 e. The summed E-state index contributed by atoms with van der Waals surface area (Å²) in [6.07, 6.45) is 0.473. The number of aliphatic hydroxyl groups is 1. The van der Waals surface area contributed by atoms with Crippen molar-refractivity contribution >= 4 is 0 Å². The summed E-state index contributed by atoms with van der Waals surface area (Å²) in [5, 5.41) is 9.45. The van der Waals surface area contributed by atoms with Crippen molar-refractivity contribution in [1.82, 2.24) is 0 Å². The molecule has 1 aromatic carbocycles. The van der Waals surface area contributed by atoms with Gasteiger partial charge in [0.25, 0.3) is 0 Å². The highest BCUT2D eigenvalue weighted by Crippen LogP contribution is 2.20. The fourth-order valence-electron chi connectivity index (χ4n) is 1.14. The fourth-order valence-corrected chi connectivity index (χ4v) is 1.14. The lowest BCUT2D eigenvalue weighted by Gasteiger charge is -2.17. The molecule has 0 bridgehead atoms. The first-order chi connectivity index (χ1) is 6.90. The number of halogens is 1. The van der Waals surface area contributed by atoms with Gasteiger partial charge in [-0.05, 0) is 32.4 Å². The number of ether oxygens (including phenoxy) is 1. The molecule has 0 heterocycles. The Hall–Kier alpha value is -1.09. The molecule has 0 saturated carbocycles. The topological polar surface area (TPSA) is 29.5 Å². The quantitative estimate of drug-likeness (QED) is 0.831. The van der Waals surface area contributed by atoms with Gasteiger partial charge in [0.05, 0.1) is 12.2 Å². The van der Waals surface area contributed by atoms with Crippen molar-refractivity contribution < 1.29 is 14.2 Å². The Morgan fingerprint density at radius 3 is 2.67 bits per heavy atom. The number of rotatable bonds is 4. The zero-order valence-corrected chi connectivity index (χ0v) is 9.38. The first kappa shape index (κ1) is 12.0. The SMILES string of the molecule is Cc1cccc(OCCC(C)(C)O)c1F. The molecule has 0 aliphatic carbocycles. The van der Waals surface area contributed by atoms with E-state index in [4.69, 9.17) is 4.74 Å². The maximum atomic E-state index is 13.4. The van der Waals surface area contributed by atoms with Crippen molar-refractivity contribution in [2.24, 2.45) is 0 Å². The highest BCUT2D eigenvalue weighted by atomic mass is 19.1. The molecule has 1 rings (SSSR count). The summed E-state index contributed by atoms with van der Waals surface area (Å²) < 4.78 is 18.7. The van der Waals surface area contributed by atoms with Gasteiger partial charge in [0.2, 0.25) is 0 Å². The van der Waals surface area contributed by atoms with Crippen LogP contribution in [0, 0.1) is 12.7 Å². The van der Waals surface area contributed by atoms with Gasteiger partial charge in [-0.2, -0.15) is 0 Å². The van der Waals surface area contributed by atoms with E-state index in [2.05, 4.69) is 0 Å². The lowest BCUT2D eigenvalue weighted by Crippen LogP contribution is -2.22. The van der Waals surface area contributed by atoms with E-state index in [9.17, 15) is 9.50 Å². The van der Waals surface area contributed by atoms with Crippen molar-refractivity contribution in [2.75, 3.05) is 6.61 Å². The van der Waals surface area contributed by atoms with Crippen LogP contribution in [0.5, 0.6) is 5.75 Å². The standard InChI is InChI=1S/C12H17FO2/c1-9-5-4-6-10(11(9)13)15-8-7-12(2,3)14/h4-6,14H,7-8H2,1-3H3. The summed E-state index contributed by atoms with van der Waals surface area (Å²) in [5.74, 6) is -0.0764. The van der Waals surface area contributed by atoms with Crippen LogP contribution in [0.25, 0.3) is 0 Å². The summed E-state index contributed by atoms with van der Waals surface area (Å²) in [6, 6.07) is 5.03. The van der Waals surface area contributed by atoms with Gasteiger partial charge in [-0.25, -0.2) is 4.39 Å². The molecular formula is C12H17FO2. The highest BCUT2D eigenvalue weighted by molar-refractivity contribution is 5.29. The Balaban J connectivity index is 2.55. The molecule has 1 N–H and O–H groups in total.